The first-order chi connectivity index (χ1) is 41.0. The zero-order valence-electron chi connectivity index (χ0n) is 52.9. The minimum Gasteiger partial charge on any atom is -0.462 e. The molecule has 0 saturated carbocycles. The lowest BCUT2D eigenvalue weighted by Crippen LogP contribution is -2.30. The van der Waals surface area contributed by atoms with Gasteiger partial charge in [0.2, 0.25) is 0 Å². The molecule has 0 aliphatic carbocycles. The van der Waals surface area contributed by atoms with Gasteiger partial charge in [0.05, 0.1) is 0 Å². The molecule has 1 atom stereocenters. The molecule has 0 N–H and O–H groups in total. The van der Waals surface area contributed by atoms with Crippen LogP contribution in [0.5, 0.6) is 0 Å². The highest BCUT2D eigenvalue weighted by Gasteiger charge is 2.19. The molecule has 0 saturated heterocycles. The number of esters is 3. The Morgan fingerprint density at radius 2 is 0.470 bits per heavy atom. The van der Waals surface area contributed by atoms with Gasteiger partial charge >= 0.3 is 17.9 Å². The Kier molecular flexibility index (Phi) is 64.0. The second kappa shape index (κ2) is 68.7. The molecule has 0 aromatic carbocycles. The third kappa shape index (κ3) is 66.9. The zero-order valence-corrected chi connectivity index (χ0v) is 52.9. The third-order valence-corrected chi connectivity index (χ3v) is 13.1. The van der Waals surface area contributed by atoms with Gasteiger partial charge in [0.1, 0.15) is 13.2 Å². The molecule has 0 fully saturated rings. The second-order valence-electron chi connectivity index (χ2n) is 20.9. The van der Waals surface area contributed by atoms with E-state index in [-0.39, 0.29) is 44.0 Å². The summed E-state index contributed by atoms with van der Waals surface area (Å²) in [6, 6.07) is 0. The maximum absolute atomic E-state index is 12.9. The lowest BCUT2D eigenvalue weighted by atomic mass is 10.1. The molecular formula is C77H118O6. The van der Waals surface area contributed by atoms with E-state index in [0.29, 0.717) is 19.3 Å². The normalized spacial score (nSPS) is 13.4. The maximum Gasteiger partial charge on any atom is 0.306 e. The van der Waals surface area contributed by atoms with Gasteiger partial charge in [0.25, 0.3) is 0 Å². The minimum atomic E-state index is -0.830. The number of carbonyl (C=O) groups excluding carboxylic acids is 3. The molecule has 0 aromatic heterocycles. The molecule has 0 radical (unpaired) electrons. The molecule has 0 aliphatic rings. The van der Waals surface area contributed by atoms with Gasteiger partial charge in [-0.15, -0.1) is 0 Å². The number of hydrogen-bond donors (Lipinski definition) is 0. The van der Waals surface area contributed by atoms with E-state index >= 15 is 0 Å². The Balaban J connectivity index is 4.48. The molecule has 0 heterocycles. The Morgan fingerprint density at radius 1 is 0.253 bits per heavy atom. The molecule has 83 heavy (non-hydrogen) atoms. The summed E-state index contributed by atoms with van der Waals surface area (Å²) in [4.78, 5) is 38.3. The van der Waals surface area contributed by atoms with Crippen molar-refractivity contribution < 1.29 is 28.6 Å². The largest absolute Gasteiger partial charge is 0.462 e. The van der Waals surface area contributed by atoms with E-state index in [9.17, 15) is 14.4 Å². The Labute approximate surface area is 509 Å². The van der Waals surface area contributed by atoms with Crippen LogP contribution >= 0.6 is 0 Å². The van der Waals surface area contributed by atoms with E-state index in [2.05, 4.69) is 215 Å². The lowest BCUT2D eigenvalue weighted by molar-refractivity contribution is -0.167. The minimum absolute atomic E-state index is 0.126. The van der Waals surface area contributed by atoms with Crippen LogP contribution in [0.1, 0.15) is 252 Å². The van der Waals surface area contributed by atoms with Crippen LogP contribution in [0, 0.1) is 0 Å². The van der Waals surface area contributed by atoms with Gasteiger partial charge in [-0.05, 0) is 167 Å². The van der Waals surface area contributed by atoms with E-state index in [1.165, 1.54) is 44.9 Å². The van der Waals surface area contributed by atoms with E-state index in [0.717, 1.165) is 154 Å². The van der Waals surface area contributed by atoms with Gasteiger partial charge < -0.3 is 14.2 Å². The van der Waals surface area contributed by atoms with Gasteiger partial charge in [-0.2, -0.15) is 0 Å². The van der Waals surface area contributed by atoms with Crippen molar-refractivity contribution in [2.24, 2.45) is 0 Å². The first-order valence-corrected chi connectivity index (χ1v) is 32.9. The SMILES string of the molecule is CC/C=C\C/C=C\C/C=C\C/C=C\C/C=C\C/C=C\C/C=C\C/C=C\C/C=C\C/C=C\CCCCC(=O)OCC(COC(=O)CCCC/C=C\C/C=C\C/C=C\C/C=C\CC)OC(=O)CCCCCCCCC/C=C\C/C=C\CCCCC. The fraction of sp³-hybridized carbons (Fsp3) is 0.545. The molecule has 6 nitrogen and oxygen atoms in total. The van der Waals surface area contributed by atoms with Crippen LogP contribution in [0.2, 0.25) is 0 Å². The van der Waals surface area contributed by atoms with Crippen LogP contribution in [-0.2, 0) is 28.6 Å². The molecule has 0 rings (SSSR count). The summed E-state index contributed by atoms with van der Waals surface area (Å²) in [5, 5.41) is 0. The molecule has 1 unspecified atom stereocenters. The van der Waals surface area contributed by atoms with Gasteiger partial charge in [-0.3, -0.25) is 14.4 Å². The number of rotatable bonds is 57. The Morgan fingerprint density at radius 3 is 0.759 bits per heavy atom. The lowest BCUT2D eigenvalue weighted by Gasteiger charge is -2.18. The number of unbranched alkanes of at least 4 members (excludes halogenated alkanes) is 14. The van der Waals surface area contributed by atoms with Gasteiger partial charge in [0.15, 0.2) is 6.10 Å². The summed E-state index contributed by atoms with van der Waals surface area (Å²) >= 11 is 0. The zero-order chi connectivity index (χ0) is 59.9. The van der Waals surface area contributed by atoms with Crippen LogP contribution < -0.4 is 0 Å². The first-order valence-electron chi connectivity index (χ1n) is 32.9. The van der Waals surface area contributed by atoms with Crippen LogP contribution in [0.4, 0.5) is 0 Å². The fourth-order valence-electron chi connectivity index (χ4n) is 8.20. The van der Waals surface area contributed by atoms with Crippen molar-refractivity contribution in [2.45, 2.75) is 258 Å². The van der Waals surface area contributed by atoms with Crippen molar-refractivity contribution in [3.05, 3.63) is 194 Å². The van der Waals surface area contributed by atoms with E-state index in [1.807, 2.05) is 0 Å². The molecule has 0 aliphatic heterocycles. The third-order valence-electron chi connectivity index (χ3n) is 13.1. The summed E-state index contributed by atoms with van der Waals surface area (Å²) in [6.45, 7) is 6.29. The topological polar surface area (TPSA) is 78.9 Å². The van der Waals surface area contributed by atoms with Gasteiger partial charge in [0, 0.05) is 19.3 Å². The highest BCUT2D eigenvalue weighted by molar-refractivity contribution is 5.71. The second-order valence-corrected chi connectivity index (χ2v) is 20.9. The highest BCUT2D eigenvalue weighted by atomic mass is 16.6. The Hall–Kier alpha value is -5.75. The van der Waals surface area contributed by atoms with Crippen LogP contribution in [0.3, 0.4) is 0 Å². The molecule has 0 aromatic rings. The van der Waals surface area contributed by atoms with Crippen molar-refractivity contribution >= 4 is 17.9 Å². The molecule has 0 spiro atoms. The monoisotopic (exact) mass is 1140 g/mol. The predicted octanol–water partition coefficient (Wildman–Crippen LogP) is 23.0. The summed E-state index contributed by atoms with van der Waals surface area (Å²) in [6.07, 6.45) is 104. The van der Waals surface area contributed by atoms with Crippen molar-refractivity contribution in [2.75, 3.05) is 13.2 Å². The fourth-order valence-corrected chi connectivity index (χ4v) is 8.20. The summed E-state index contributed by atoms with van der Waals surface area (Å²) in [7, 11) is 0. The van der Waals surface area contributed by atoms with E-state index < -0.39 is 6.10 Å². The van der Waals surface area contributed by atoms with Gasteiger partial charge in [-0.1, -0.05) is 260 Å². The maximum atomic E-state index is 12.9. The van der Waals surface area contributed by atoms with Crippen LogP contribution in [0.25, 0.3) is 0 Å². The Bertz CT molecular complexity index is 1990. The summed E-state index contributed by atoms with van der Waals surface area (Å²) in [5.41, 5.74) is 0. The standard InChI is InChI=1S/C77H118O6/c1-4-7-10-13-16-19-22-25-28-30-31-32-33-34-35-36-37-38-39-40-41-42-43-44-45-47-49-52-55-58-61-64-67-70-76(79)82-73-74(72-81-75(78)69-66-63-60-57-54-51-48-27-24-21-18-15-12-9-6-3)83-77(80)71-68-65-62-59-56-53-50-46-29-26-23-20-17-14-11-8-5-2/h7,9-10,12,16-21,25-29,31-32,34-35,37-38,40-41,43-44,47-49,54-55,57-58,74H,4-6,8,11,13-15,22-24,30,33,36,39,42,45-46,50-53,56,59-73H2,1-3H3/b10-7-,12-9-,19-16-,20-17-,21-18-,28-25-,29-26-,32-31-,35-34-,38-37-,41-40-,44-43-,48-27-,49-47-,57-54-,58-55-. The average molecular weight is 1140 g/mol. The van der Waals surface area contributed by atoms with E-state index in [4.69, 9.17) is 14.2 Å². The number of ether oxygens (including phenoxy) is 3. The first kappa shape index (κ1) is 77.2. The molecule has 0 amide bonds. The van der Waals surface area contributed by atoms with Crippen molar-refractivity contribution in [3.8, 4) is 0 Å². The summed E-state index contributed by atoms with van der Waals surface area (Å²) < 4.78 is 16.8. The van der Waals surface area contributed by atoms with Gasteiger partial charge in [-0.25, -0.2) is 0 Å². The van der Waals surface area contributed by atoms with Crippen LogP contribution in [-0.4, -0.2) is 37.2 Å². The van der Waals surface area contributed by atoms with Crippen molar-refractivity contribution in [1.82, 2.24) is 0 Å². The molecular weight excluding hydrogens is 1020 g/mol. The van der Waals surface area contributed by atoms with Crippen LogP contribution in [0.15, 0.2) is 194 Å². The van der Waals surface area contributed by atoms with Crippen molar-refractivity contribution in [3.63, 3.8) is 0 Å². The van der Waals surface area contributed by atoms with Crippen molar-refractivity contribution in [1.29, 1.82) is 0 Å². The average Bonchev–Trinajstić information content (AvgIpc) is 3.49. The quantitative estimate of drug-likeness (QED) is 0.0261. The highest BCUT2D eigenvalue weighted by Crippen LogP contribution is 2.13. The molecule has 6 heteroatoms. The predicted molar refractivity (Wildman–Crippen MR) is 361 cm³/mol. The number of allylic oxidation sites excluding steroid dienone is 32. The summed E-state index contributed by atoms with van der Waals surface area (Å²) in [5.74, 6) is -1.02. The van der Waals surface area contributed by atoms with E-state index in [1.54, 1.807) is 0 Å². The smallest absolute Gasteiger partial charge is 0.306 e. The number of hydrogen-bond acceptors (Lipinski definition) is 6. The molecule has 462 valence electrons. The number of carbonyl (C=O) groups is 3. The molecule has 0 bridgehead atoms.